The molecular weight excluding hydrogens is 168 g/mol. The van der Waals surface area contributed by atoms with Crippen LogP contribution in [-0.4, -0.2) is 23.8 Å². The van der Waals surface area contributed by atoms with Crippen molar-refractivity contribution in [3.63, 3.8) is 0 Å². The molecule has 0 spiro atoms. The molecular formula is C10H18O3. The van der Waals surface area contributed by atoms with Crippen LogP contribution in [0.5, 0.6) is 0 Å². The standard InChI is InChI=1S/C10H18O3/c1-5-8(11)6-7-13-9(12)10(2,3)4/h5,8,11H,1,6-7H2,2-4H3/t8-/m1/s1. The van der Waals surface area contributed by atoms with Crippen LogP contribution in [0, 0.1) is 5.41 Å². The van der Waals surface area contributed by atoms with Crippen molar-refractivity contribution < 1.29 is 14.6 Å². The van der Waals surface area contributed by atoms with Crippen LogP contribution in [0.3, 0.4) is 0 Å². The van der Waals surface area contributed by atoms with Gasteiger partial charge in [-0.05, 0) is 20.8 Å². The molecule has 0 aromatic rings. The van der Waals surface area contributed by atoms with Crippen LogP contribution >= 0.6 is 0 Å². The molecule has 0 amide bonds. The lowest BCUT2D eigenvalue weighted by molar-refractivity contribution is -0.153. The van der Waals surface area contributed by atoms with E-state index in [1.807, 2.05) is 0 Å². The van der Waals surface area contributed by atoms with Crippen molar-refractivity contribution in [2.24, 2.45) is 5.41 Å². The maximum Gasteiger partial charge on any atom is 0.311 e. The Morgan fingerprint density at radius 1 is 1.62 bits per heavy atom. The summed E-state index contributed by atoms with van der Waals surface area (Å²) >= 11 is 0. The van der Waals surface area contributed by atoms with Gasteiger partial charge in [-0.3, -0.25) is 4.79 Å². The number of hydrogen-bond donors (Lipinski definition) is 1. The van der Waals surface area contributed by atoms with Crippen molar-refractivity contribution in [2.75, 3.05) is 6.61 Å². The molecule has 1 N–H and O–H groups in total. The first-order valence-electron chi connectivity index (χ1n) is 4.35. The topological polar surface area (TPSA) is 46.5 Å². The number of esters is 1. The van der Waals surface area contributed by atoms with Crippen LogP contribution in [-0.2, 0) is 9.53 Å². The van der Waals surface area contributed by atoms with Gasteiger partial charge in [-0.1, -0.05) is 6.08 Å². The number of aliphatic hydroxyl groups excluding tert-OH is 1. The lowest BCUT2D eigenvalue weighted by Gasteiger charge is -2.16. The first kappa shape index (κ1) is 12.2. The minimum absolute atomic E-state index is 0.239. The molecule has 0 aliphatic heterocycles. The third kappa shape index (κ3) is 5.42. The Morgan fingerprint density at radius 2 is 2.15 bits per heavy atom. The second-order valence-corrected chi connectivity index (χ2v) is 3.98. The van der Waals surface area contributed by atoms with Crippen molar-refractivity contribution in [1.82, 2.24) is 0 Å². The second-order valence-electron chi connectivity index (χ2n) is 3.98. The minimum atomic E-state index is -0.590. The van der Waals surface area contributed by atoms with E-state index in [4.69, 9.17) is 9.84 Å². The summed E-state index contributed by atoms with van der Waals surface area (Å²) in [5.41, 5.74) is -0.473. The third-order valence-corrected chi connectivity index (χ3v) is 1.53. The number of carbonyl (C=O) groups is 1. The molecule has 0 aromatic heterocycles. The number of ether oxygens (including phenoxy) is 1. The number of aliphatic hydroxyl groups is 1. The van der Waals surface area contributed by atoms with E-state index in [2.05, 4.69) is 6.58 Å². The summed E-state index contributed by atoms with van der Waals surface area (Å²) in [6, 6.07) is 0. The molecule has 13 heavy (non-hydrogen) atoms. The Labute approximate surface area is 79.4 Å². The summed E-state index contributed by atoms with van der Waals surface area (Å²) in [5.74, 6) is -0.247. The Hall–Kier alpha value is -0.830. The highest BCUT2D eigenvalue weighted by Gasteiger charge is 2.22. The Kier molecular flexibility index (Phi) is 4.70. The van der Waals surface area contributed by atoms with Gasteiger partial charge < -0.3 is 9.84 Å². The quantitative estimate of drug-likeness (QED) is 0.534. The maximum absolute atomic E-state index is 11.2. The predicted molar refractivity (Wildman–Crippen MR) is 51.2 cm³/mol. The van der Waals surface area contributed by atoms with Gasteiger partial charge in [0.2, 0.25) is 0 Å². The molecule has 0 heterocycles. The fraction of sp³-hybridized carbons (Fsp3) is 0.700. The molecule has 0 aliphatic rings. The van der Waals surface area contributed by atoms with E-state index in [1.165, 1.54) is 6.08 Å². The van der Waals surface area contributed by atoms with E-state index in [0.717, 1.165) is 0 Å². The number of hydrogen-bond acceptors (Lipinski definition) is 3. The van der Waals surface area contributed by atoms with E-state index in [-0.39, 0.29) is 12.6 Å². The molecule has 76 valence electrons. The summed E-state index contributed by atoms with van der Waals surface area (Å²) in [6.45, 7) is 9.03. The SMILES string of the molecule is C=C[C@@H](O)CCOC(=O)C(C)(C)C. The normalized spacial score (nSPS) is 13.5. The van der Waals surface area contributed by atoms with E-state index in [9.17, 15) is 4.79 Å². The van der Waals surface area contributed by atoms with Gasteiger partial charge in [0.25, 0.3) is 0 Å². The van der Waals surface area contributed by atoms with Gasteiger partial charge in [0.15, 0.2) is 0 Å². The summed E-state index contributed by atoms with van der Waals surface area (Å²) in [7, 11) is 0. The van der Waals surface area contributed by atoms with Crippen molar-refractivity contribution >= 4 is 5.97 Å². The lowest BCUT2D eigenvalue weighted by atomic mass is 9.97. The lowest BCUT2D eigenvalue weighted by Crippen LogP contribution is -2.24. The molecule has 0 aliphatic carbocycles. The van der Waals surface area contributed by atoms with Crippen molar-refractivity contribution in [2.45, 2.75) is 33.3 Å². The average molecular weight is 186 g/mol. The van der Waals surface area contributed by atoms with E-state index < -0.39 is 11.5 Å². The maximum atomic E-state index is 11.2. The highest BCUT2D eigenvalue weighted by molar-refractivity contribution is 5.75. The van der Waals surface area contributed by atoms with Crippen LogP contribution in [0.4, 0.5) is 0 Å². The fourth-order valence-electron chi connectivity index (χ4n) is 0.607. The highest BCUT2D eigenvalue weighted by Crippen LogP contribution is 2.15. The zero-order valence-corrected chi connectivity index (χ0v) is 8.54. The molecule has 1 atom stereocenters. The van der Waals surface area contributed by atoms with E-state index >= 15 is 0 Å². The zero-order chi connectivity index (χ0) is 10.5. The van der Waals surface area contributed by atoms with E-state index in [1.54, 1.807) is 20.8 Å². The van der Waals surface area contributed by atoms with Gasteiger partial charge >= 0.3 is 5.97 Å². The minimum Gasteiger partial charge on any atom is -0.465 e. The van der Waals surface area contributed by atoms with Crippen LogP contribution in [0.1, 0.15) is 27.2 Å². The zero-order valence-electron chi connectivity index (χ0n) is 8.54. The molecule has 0 unspecified atom stereocenters. The molecule has 0 saturated carbocycles. The Bertz CT molecular complexity index is 179. The highest BCUT2D eigenvalue weighted by atomic mass is 16.5. The van der Waals surface area contributed by atoms with Gasteiger partial charge in [0, 0.05) is 6.42 Å². The molecule has 0 bridgehead atoms. The Balaban J connectivity index is 3.66. The van der Waals surface area contributed by atoms with Crippen LogP contribution < -0.4 is 0 Å². The summed E-state index contributed by atoms with van der Waals surface area (Å²) < 4.78 is 4.93. The van der Waals surface area contributed by atoms with Gasteiger partial charge in [-0.2, -0.15) is 0 Å². The van der Waals surface area contributed by atoms with Crippen molar-refractivity contribution in [1.29, 1.82) is 0 Å². The van der Waals surface area contributed by atoms with Gasteiger partial charge in [0.1, 0.15) is 0 Å². The predicted octanol–water partition coefficient (Wildman–Crippen LogP) is 1.51. The van der Waals surface area contributed by atoms with Crippen LogP contribution in [0.2, 0.25) is 0 Å². The molecule has 0 saturated heterocycles. The van der Waals surface area contributed by atoms with E-state index in [0.29, 0.717) is 6.42 Å². The molecule has 0 fully saturated rings. The molecule has 0 rings (SSSR count). The summed E-state index contributed by atoms with van der Waals surface area (Å²) in [5, 5.41) is 9.06. The second kappa shape index (κ2) is 5.02. The average Bonchev–Trinajstić information content (AvgIpc) is 2.02. The first-order chi connectivity index (χ1) is 5.88. The molecule has 0 radical (unpaired) electrons. The monoisotopic (exact) mass is 186 g/mol. The van der Waals surface area contributed by atoms with Crippen LogP contribution in [0.25, 0.3) is 0 Å². The summed E-state index contributed by atoms with van der Waals surface area (Å²) in [6.07, 6.45) is 1.24. The van der Waals surface area contributed by atoms with Crippen molar-refractivity contribution in [3.8, 4) is 0 Å². The van der Waals surface area contributed by atoms with Gasteiger partial charge in [-0.15, -0.1) is 6.58 Å². The Morgan fingerprint density at radius 3 is 2.54 bits per heavy atom. The third-order valence-electron chi connectivity index (χ3n) is 1.53. The van der Waals surface area contributed by atoms with Crippen molar-refractivity contribution in [3.05, 3.63) is 12.7 Å². The number of rotatable bonds is 4. The van der Waals surface area contributed by atoms with Crippen LogP contribution in [0.15, 0.2) is 12.7 Å². The molecule has 3 nitrogen and oxygen atoms in total. The largest absolute Gasteiger partial charge is 0.465 e. The van der Waals surface area contributed by atoms with Gasteiger partial charge in [-0.25, -0.2) is 0 Å². The smallest absolute Gasteiger partial charge is 0.311 e. The van der Waals surface area contributed by atoms with Gasteiger partial charge in [0.05, 0.1) is 18.1 Å². The summed E-state index contributed by atoms with van der Waals surface area (Å²) in [4.78, 5) is 11.2. The fourth-order valence-corrected chi connectivity index (χ4v) is 0.607. The number of carbonyl (C=O) groups excluding carboxylic acids is 1. The molecule has 0 aromatic carbocycles. The first-order valence-corrected chi connectivity index (χ1v) is 4.35. The molecule has 3 heteroatoms.